The molecule has 0 bridgehead atoms. The lowest BCUT2D eigenvalue weighted by molar-refractivity contribution is -0.133. The first kappa shape index (κ1) is 18.4. The third kappa shape index (κ3) is 4.23. The van der Waals surface area contributed by atoms with Crippen LogP contribution in [0.4, 0.5) is 0 Å². The van der Waals surface area contributed by atoms with E-state index < -0.39 is 9.84 Å². The van der Waals surface area contributed by atoms with E-state index >= 15 is 0 Å². The zero-order valence-electron chi connectivity index (χ0n) is 15.1. The largest absolute Gasteiger partial charge is 0.342 e. The van der Waals surface area contributed by atoms with Gasteiger partial charge in [0.05, 0.1) is 18.1 Å². The van der Waals surface area contributed by atoms with Crippen molar-refractivity contribution in [2.24, 2.45) is 0 Å². The van der Waals surface area contributed by atoms with Gasteiger partial charge in [-0.3, -0.25) is 9.69 Å². The van der Waals surface area contributed by atoms with Crippen LogP contribution in [-0.2, 0) is 21.2 Å². The van der Waals surface area contributed by atoms with Crippen molar-refractivity contribution in [1.82, 2.24) is 19.4 Å². The summed E-state index contributed by atoms with van der Waals surface area (Å²) < 4.78 is 25.4. The van der Waals surface area contributed by atoms with Crippen molar-refractivity contribution in [3.63, 3.8) is 0 Å². The molecule has 3 rings (SSSR count). The molecule has 0 spiro atoms. The number of aryl methyl sites for hydroxylation is 1. The third-order valence-corrected chi connectivity index (χ3v) is 7.27. The number of sulfone groups is 1. The molecule has 0 aliphatic carbocycles. The summed E-state index contributed by atoms with van der Waals surface area (Å²) >= 11 is 0. The number of rotatable bonds is 5. The van der Waals surface area contributed by atoms with E-state index in [0.717, 1.165) is 38.3 Å². The highest BCUT2D eigenvalue weighted by molar-refractivity contribution is 7.91. The molecule has 2 fully saturated rings. The maximum Gasteiger partial charge on any atom is 0.236 e. The summed E-state index contributed by atoms with van der Waals surface area (Å²) in [6.07, 6.45) is 6.36. The Kier molecular flexibility index (Phi) is 5.48. The molecular weight excluding hydrogens is 340 g/mol. The number of amides is 1. The van der Waals surface area contributed by atoms with Crippen molar-refractivity contribution in [2.45, 2.75) is 44.7 Å². The van der Waals surface area contributed by atoms with Crippen LogP contribution < -0.4 is 0 Å². The maximum atomic E-state index is 12.6. The summed E-state index contributed by atoms with van der Waals surface area (Å²) in [5.41, 5.74) is 0. The molecule has 3 heterocycles. The van der Waals surface area contributed by atoms with Gasteiger partial charge in [-0.15, -0.1) is 0 Å². The highest BCUT2D eigenvalue weighted by Crippen LogP contribution is 2.27. The molecule has 7 nitrogen and oxygen atoms in total. The fourth-order valence-corrected chi connectivity index (χ4v) is 5.71. The molecule has 1 aromatic rings. The predicted octanol–water partition coefficient (Wildman–Crippen LogP) is 0.728. The zero-order chi connectivity index (χ0) is 18.0. The van der Waals surface area contributed by atoms with Gasteiger partial charge in [0.2, 0.25) is 5.91 Å². The molecule has 140 valence electrons. The summed E-state index contributed by atoms with van der Waals surface area (Å²) in [5.74, 6) is 2.06. The number of nitrogens with zero attached hydrogens (tertiary/aromatic N) is 4. The minimum Gasteiger partial charge on any atom is -0.342 e. The molecule has 2 saturated heterocycles. The fraction of sp³-hybridized carbons (Fsp3) is 0.765. The van der Waals surface area contributed by atoms with Crippen LogP contribution in [0.25, 0.3) is 0 Å². The molecule has 25 heavy (non-hydrogen) atoms. The smallest absolute Gasteiger partial charge is 0.236 e. The zero-order valence-corrected chi connectivity index (χ0v) is 15.9. The lowest BCUT2D eigenvalue weighted by Gasteiger charge is -2.33. The lowest BCUT2D eigenvalue weighted by Crippen LogP contribution is -2.45. The van der Waals surface area contributed by atoms with Crippen LogP contribution in [0.5, 0.6) is 0 Å². The van der Waals surface area contributed by atoms with Gasteiger partial charge in [-0.2, -0.15) is 0 Å². The van der Waals surface area contributed by atoms with Gasteiger partial charge in [-0.25, -0.2) is 13.4 Å². The number of aromatic nitrogens is 2. The average Bonchev–Trinajstić information content (AvgIpc) is 3.20. The van der Waals surface area contributed by atoms with E-state index in [1.807, 2.05) is 29.2 Å². The Morgan fingerprint density at radius 2 is 2.04 bits per heavy atom. The average molecular weight is 369 g/mol. The van der Waals surface area contributed by atoms with Crippen molar-refractivity contribution in [3.8, 4) is 0 Å². The van der Waals surface area contributed by atoms with E-state index in [-0.39, 0.29) is 23.5 Å². The van der Waals surface area contributed by atoms with Crippen LogP contribution >= 0.6 is 0 Å². The number of imidazole rings is 1. The Labute approximate surface area is 149 Å². The molecule has 1 atom stereocenters. The Balaban J connectivity index is 1.50. The molecule has 0 N–H and O–H groups in total. The van der Waals surface area contributed by atoms with Crippen molar-refractivity contribution in [3.05, 3.63) is 18.2 Å². The van der Waals surface area contributed by atoms with E-state index in [1.54, 1.807) is 0 Å². The number of likely N-dealkylation sites (tertiary alicyclic amines) is 1. The normalized spacial score (nSPS) is 24.1. The monoisotopic (exact) mass is 368 g/mol. The molecule has 0 saturated carbocycles. The molecule has 0 aromatic carbocycles. The van der Waals surface area contributed by atoms with Crippen LogP contribution in [0.3, 0.4) is 0 Å². The fourth-order valence-electron chi connectivity index (χ4n) is 3.90. The van der Waals surface area contributed by atoms with Gasteiger partial charge in [0.1, 0.15) is 5.82 Å². The van der Waals surface area contributed by atoms with Crippen LogP contribution in [-0.4, -0.2) is 77.9 Å². The second-order valence-corrected chi connectivity index (χ2v) is 9.43. The quantitative estimate of drug-likeness (QED) is 0.766. The first-order valence-corrected chi connectivity index (χ1v) is 10.9. The van der Waals surface area contributed by atoms with Crippen LogP contribution in [0.1, 0.15) is 37.9 Å². The molecule has 2 aliphatic rings. The first-order chi connectivity index (χ1) is 11.9. The Morgan fingerprint density at radius 1 is 1.32 bits per heavy atom. The number of hydrogen-bond donors (Lipinski definition) is 0. The third-order valence-electron chi connectivity index (χ3n) is 5.52. The highest BCUT2D eigenvalue weighted by atomic mass is 32.2. The summed E-state index contributed by atoms with van der Waals surface area (Å²) in [5, 5.41) is 0. The van der Waals surface area contributed by atoms with Gasteiger partial charge in [0, 0.05) is 44.0 Å². The Bertz CT molecular complexity index is 707. The Morgan fingerprint density at radius 3 is 2.64 bits per heavy atom. The van der Waals surface area contributed by atoms with Gasteiger partial charge in [-0.05, 0) is 33.2 Å². The molecular formula is C17H28N4O3S. The van der Waals surface area contributed by atoms with Crippen LogP contribution in [0.15, 0.2) is 12.4 Å². The number of carbonyl (C=O) groups is 1. The van der Waals surface area contributed by atoms with Crippen molar-refractivity contribution in [2.75, 3.05) is 38.2 Å². The summed E-state index contributed by atoms with van der Waals surface area (Å²) in [6, 6.07) is -0.0245. The van der Waals surface area contributed by atoms with Crippen molar-refractivity contribution in [1.29, 1.82) is 0 Å². The van der Waals surface area contributed by atoms with E-state index in [9.17, 15) is 13.2 Å². The summed E-state index contributed by atoms with van der Waals surface area (Å²) in [7, 11) is -1.06. The summed E-state index contributed by atoms with van der Waals surface area (Å²) in [4.78, 5) is 20.9. The second-order valence-electron chi connectivity index (χ2n) is 7.20. The standard InChI is InChI=1S/C17H28N4O3S/c1-3-20-10-7-18-17(20)14-4-8-21(9-5-14)16(22)12-19(2)15-6-11-25(23,24)13-15/h7,10,14-15H,3-6,8-9,11-13H2,1-2H3/t15-/m0/s1. The van der Waals surface area contributed by atoms with Crippen LogP contribution in [0.2, 0.25) is 0 Å². The number of piperidine rings is 1. The number of hydrogen-bond acceptors (Lipinski definition) is 5. The minimum atomic E-state index is -2.92. The van der Waals surface area contributed by atoms with Gasteiger partial charge >= 0.3 is 0 Å². The highest BCUT2D eigenvalue weighted by Gasteiger charge is 2.33. The van der Waals surface area contributed by atoms with Gasteiger partial charge in [0.25, 0.3) is 0 Å². The molecule has 1 aromatic heterocycles. The lowest BCUT2D eigenvalue weighted by atomic mass is 9.95. The first-order valence-electron chi connectivity index (χ1n) is 9.09. The topological polar surface area (TPSA) is 75.5 Å². The van der Waals surface area contributed by atoms with Crippen molar-refractivity contribution >= 4 is 15.7 Å². The Hall–Kier alpha value is -1.41. The second kappa shape index (κ2) is 7.45. The van der Waals surface area contributed by atoms with E-state index in [4.69, 9.17) is 0 Å². The maximum absolute atomic E-state index is 12.6. The predicted molar refractivity (Wildman–Crippen MR) is 96.1 cm³/mol. The van der Waals surface area contributed by atoms with Gasteiger partial charge < -0.3 is 9.47 Å². The molecule has 0 radical (unpaired) electrons. The number of likely N-dealkylation sites (N-methyl/N-ethyl adjacent to an activating group) is 1. The van der Waals surface area contributed by atoms with E-state index in [2.05, 4.69) is 16.5 Å². The van der Waals surface area contributed by atoms with Gasteiger partial charge in [0.15, 0.2) is 9.84 Å². The minimum absolute atomic E-state index is 0.0245. The van der Waals surface area contributed by atoms with Crippen molar-refractivity contribution < 1.29 is 13.2 Å². The van der Waals surface area contributed by atoms with E-state index in [0.29, 0.717) is 18.9 Å². The number of carbonyl (C=O) groups excluding carboxylic acids is 1. The van der Waals surface area contributed by atoms with E-state index in [1.165, 1.54) is 0 Å². The SMILES string of the molecule is CCn1ccnc1C1CCN(C(=O)CN(C)[C@H]2CCS(=O)(=O)C2)CC1. The molecule has 2 aliphatic heterocycles. The molecule has 8 heteroatoms. The van der Waals surface area contributed by atoms with Crippen LogP contribution in [0, 0.1) is 0 Å². The molecule has 0 unspecified atom stereocenters. The molecule has 1 amide bonds. The summed E-state index contributed by atoms with van der Waals surface area (Å²) in [6.45, 7) is 4.83. The van der Waals surface area contributed by atoms with Gasteiger partial charge in [-0.1, -0.05) is 0 Å².